The molecule has 2 amide bonds. The molecule has 1 aromatic carbocycles. The van der Waals surface area contributed by atoms with Crippen LogP contribution in [0.2, 0.25) is 5.02 Å². The lowest BCUT2D eigenvalue weighted by molar-refractivity contribution is 0.249. The lowest BCUT2D eigenvalue weighted by Crippen LogP contribution is -2.31. The molecule has 0 spiro atoms. The molecule has 1 unspecified atom stereocenters. The molecule has 0 aliphatic heterocycles. The first kappa shape index (κ1) is 14.3. The second-order valence-corrected chi connectivity index (χ2v) is 4.64. The topological polar surface area (TPSA) is 54.0 Å². The Labute approximate surface area is 121 Å². The zero-order chi connectivity index (χ0) is 14.5. The van der Waals surface area contributed by atoms with E-state index in [0.717, 1.165) is 5.56 Å². The number of aromatic nitrogens is 1. The van der Waals surface area contributed by atoms with Crippen molar-refractivity contribution >= 4 is 23.3 Å². The van der Waals surface area contributed by atoms with E-state index in [1.165, 1.54) is 18.2 Å². The zero-order valence-electron chi connectivity index (χ0n) is 10.7. The van der Waals surface area contributed by atoms with Crippen molar-refractivity contribution in [3.63, 3.8) is 0 Å². The largest absolute Gasteiger partial charge is 0.331 e. The van der Waals surface area contributed by atoms with Crippen LogP contribution in [0.5, 0.6) is 0 Å². The number of benzene rings is 1. The number of pyridine rings is 1. The number of urea groups is 1. The molecule has 0 saturated heterocycles. The number of carbonyl (C=O) groups is 1. The Kier molecular flexibility index (Phi) is 4.53. The standard InChI is InChI=1S/C14H13ClFN3O/c1-9(10-4-6-17-7-5-10)18-14(20)19-11-2-3-13(16)12(15)8-11/h2-9H,1H3,(H2,18,19,20). The van der Waals surface area contributed by atoms with Gasteiger partial charge < -0.3 is 10.6 Å². The van der Waals surface area contributed by atoms with Crippen molar-refractivity contribution in [2.75, 3.05) is 5.32 Å². The molecule has 0 radical (unpaired) electrons. The molecule has 1 heterocycles. The molecule has 1 aromatic heterocycles. The Bertz CT molecular complexity index is 607. The number of nitrogens with one attached hydrogen (secondary N) is 2. The van der Waals surface area contributed by atoms with E-state index in [4.69, 9.17) is 11.6 Å². The minimum Gasteiger partial charge on any atom is -0.331 e. The lowest BCUT2D eigenvalue weighted by Gasteiger charge is -2.15. The summed E-state index contributed by atoms with van der Waals surface area (Å²) in [6.07, 6.45) is 3.32. The van der Waals surface area contributed by atoms with Gasteiger partial charge in [0.2, 0.25) is 0 Å². The molecule has 0 fully saturated rings. The van der Waals surface area contributed by atoms with Gasteiger partial charge in [-0.3, -0.25) is 4.98 Å². The van der Waals surface area contributed by atoms with Crippen molar-refractivity contribution in [3.05, 3.63) is 59.1 Å². The summed E-state index contributed by atoms with van der Waals surface area (Å²) in [7, 11) is 0. The SMILES string of the molecule is CC(NC(=O)Nc1ccc(F)c(Cl)c1)c1ccncc1. The highest BCUT2D eigenvalue weighted by Gasteiger charge is 2.10. The van der Waals surface area contributed by atoms with Crippen LogP contribution in [-0.4, -0.2) is 11.0 Å². The molecular weight excluding hydrogens is 281 g/mol. The van der Waals surface area contributed by atoms with Gasteiger partial charge in [0.1, 0.15) is 5.82 Å². The summed E-state index contributed by atoms with van der Waals surface area (Å²) < 4.78 is 13.0. The summed E-state index contributed by atoms with van der Waals surface area (Å²) >= 11 is 5.65. The number of nitrogens with zero attached hydrogens (tertiary/aromatic N) is 1. The average molecular weight is 294 g/mol. The highest BCUT2D eigenvalue weighted by molar-refractivity contribution is 6.31. The number of amides is 2. The summed E-state index contributed by atoms with van der Waals surface area (Å²) in [6, 6.07) is 7.07. The lowest BCUT2D eigenvalue weighted by atomic mass is 10.1. The fourth-order valence-electron chi connectivity index (χ4n) is 1.67. The van der Waals surface area contributed by atoms with Gasteiger partial charge >= 0.3 is 6.03 Å². The number of anilines is 1. The molecule has 0 aliphatic carbocycles. The van der Waals surface area contributed by atoms with Gasteiger partial charge in [-0.25, -0.2) is 9.18 Å². The van der Waals surface area contributed by atoms with Crippen LogP contribution in [0, 0.1) is 5.82 Å². The molecule has 0 bridgehead atoms. The molecule has 2 rings (SSSR count). The van der Waals surface area contributed by atoms with E-state index in [2.05, 4.69) is 15.6 Å². The Morgan fingerprint density at radius 2 is 2.00 bits per heavy atom. The summed E-state index contributed by atoms with van der Waals surface area (Å²) in [5.74, 6) is -0.525. The minimum absolute atomic E-state index is 0.0371. The first-order chi connectivity index (χ1) is 9.56. The second-order valence-electron chi connectivity index (χ2n) is 4.23. The smallest absolute Gasteiger partial charge is 0.319 e. The number of hydrogen-bond donors (Lipinski definition) is 2. The predicted octanol–water partition coefficient (Wildman–Crippen LogP) is 3.76. The molecular formula is C14H13ClFN3O. The molecule has 0 saturated carbocycles. The van der Waals surface area contributed by atoms with Crippen LogP contribution in [0.4, 0.5) is 14.9 Å². The van der Waals surface area contributed by atoms with E-state index in [1.54, 1.807) is 12.4 Å². The van der Waals surface area contributed by atoms with Crippen LogP contribution in [-0.2, 0) is 0 Å². The van der Waals surface area contributed by atoms with Gasteiger partial charge in [-0.2, -0.15) is 0 Å². The number of halogens is 2. The molecule has 2 N–H and O–H groups in total. The molecule has 2 aromatic rings. The van der Waals surface area contributed by atoms with Crippen molar-refractivity contribution in [1.82, 2.24) is 10.3 Å². The number of carbonyl (C=O) groups excluding carboxylic acids is 1. The van der Waals surface area contributed by atoms with Gasteiger partial charge in [0.15, 0.2) is 0 Å². The van der Waals surface area contributed by atoms with Crippen LogP contribution in [0.3, 0.4) is 0 Å². The van der Waals surface area contributed by atoms with Crippen molar-refractivity contribution in [2.45, 2.75) is 13.0 Å². The normalized spacial score (nSPS) is 11.8. The first-order valence-electron chi connectivity index (χ1n) is 5.99. The van der Waals surface area contributed by atoms with Crippen molar-refractivity contribution < 1.29 is 9.18 Å². The fourth-order valence-corrected chi connectivity index (χ4v) is 1.85. The zero-order valence-corrected chi connectivity index (χ0v) is 11.5. The fraction of sp³-hybridized carbons (Fsp3) is 0.143. The quantitative estimate of drug-likeness (QED) is 0.905. The van der Waals surface area contributed by atoms with Crippen molar-refractivity contribution in [2.24, 2.45) is 0 Å². The average Bonchev–Trinajstić information content (AvgIpc) is 2.44. The number of hydrogen-bond acceptors (Lipinski definition) is 2. The Hall–Kier alpha value is -2.14. The van der Waals surface area contributed by atoms with Crippen LogP contribution in [0.15, 0.2) is 42.7 Å². The third-order valence-electron chi connectivity index (χ3n) is 2.73. The van der Waals surface area contributed by atoms with Crippen molar-refractivity contribution in [1.29, 1.82) is 0 Å². The van der Waals surface area contributed by atoms with Crippen LogP contribution < -0.4 is 10.6 Å². The van der Waals surface area contributed by atoms with Gasteiger partial charge in [-0.1, -0.05) is 11.6 Å². The van der Waals surface area contributed by atoms with Gasteiger partial charge in [0, 0.05) is 18.1 Å². The van der Waals surface area contributed by atoms with E-state index in [-0.39, 0.29) is 11.1 Å². The van der Waals surface area contributed by atoms with E-state index in [0.29, 0.717) is 5.69 Å². The Balaban J connectivity index is 1.97. The first-order valence-corrected chi connectivity index (χ1v) is 6.36. The maximum atomic E-state index is 13.0. The van der Waals surface area contributed by atoms with Gasteiger partial charge in [0.05, 0.1) is 11.1 Å². The monoisotopic (exact) mass is 293 g/mol. The molecule has 20 heavy (non-hydrogen) atoms. The van der Waals surface area contributed by atoms with E-state index in [9.17, 15) is 9.18 Å². The van der Waals surface area contributed by atoms with Gasteiger partial charge in [0.25, 0.3) is 0 Å². The Morgan fingerprint density at radius 3 is 2.65 bits per heavy atom. The van der Waals surface area contributed by atoms with Crippen molar-refractivity contribution in [3.8, 4) is 0 Å². The minimum atomic E-state index is -0.525. The van der Waals surface area contributed by atoms with Gasteiger partial charge in [-0.05, 0) is 42.8 Å². The summed E-state index contributed by atoms with van der Waals surface area (Å²) in [5.41, 5.74) is 1.36. The van der Waals surface area contributed by atoms with Crippen LogP contribution in [0.25, 0.3) is 0 Å². The molecule has 104 valence electrons. The predicted molar refractivity (Wildman–Crippen MR) is 76.2 cm³/mol. The van der Waals surface area contributed by atoms with E-state index < -0.39 is 11.8 Å². The summed E-state index contributed by atoms with van der Waals surface area (Å²) in [4.78, 5) is 15.7. The molecule has 1 atom stereocenters. The van der Waals surface area contributed by atoms with Crippen LogP contribution in [0.1, 0.15) is 18.5 Å². The molecule has 6 heteroatoms. The third kappa shape index (κ3) is 3.68. The summed E-state index contributed by atoms with van der Waals surface area (Å²) in [5, 5.41) is 5.32. The Morgan fingerprint density at radius 1 is 1.30 bits per heavy atom. The van der Waals surface area contributed by atoms with E-state index in [1.807, 2.05) is 19.1 Å². The van der Waals surface area contributed by atoms with E-state index >= 15 is 0 Å². The number of rotatable bonds is 3. The van der Waals surface area contributed by atoms with Gasteiger partial charge in [-0.15, -0.1) is 0 Å². The third-order valence-corrected chi connectivity index (χ3v) is 3.02. The maximum Gasteiger partial charge on any atom is 0.319 e. The molecule has 0 aliphatic rings. The summed E-state index contributed by atoms with van der Waals surface area (Å²) in [6.45, 7) is 1.85. The van der Waals surface area contributed by atoms with Crippen LogP contribution >= 0.6 is 11.6 Å². The second kappa shape index (κ2) is 6.34. The highest BCUT2D eigenvalue weighted by Crippen LogP contribution is 2.19. The maximum absolute atomic E-state index is 13.0. The molecule has 4 nitrogen and oxygen atoms in total. The highest BCUT2D eigenvalue weighted by atomic mass is 35.5.